The summed E-state index contributed by atoms with van der Waals surface area (Å²) >= 11 is 0. The fourth-order valence-corrected chi connectivity index (χ4v) is 2.75. The molecule has 0 aliphatic heterocycles. The Kier molecular flexibility index (Phi) is 6.63. The fraction of sp³-hybridized carbons (Fsp3) is 0.227. The zero-order valence-corrected chi connectivity index (χ0v) is 16.4. The van der Waals surface area contributed by atoms with Gasteiger partial charge in [-0.25, -0.2) is 0 Å². The Bertz CT molecular complexity index is 963. The van der Waals surface area contributed by atoms with Gasteiger partial charge in [0.2, 0.25) is 5.91 Å². The molecular weight excluding hydrogens is 370 g/mol. The second kappa shape index (κ2) is 9.54. The number of amides is 2. The van der Waals surface area contributed by atoms with Crippen molar-refractivity contribution in [2.75, 3.05) is 6.54 Å². The van der Waals surface area contributed by atoms with Crippen LogP contribution < -0.4 is 15.4 Å². The summed E-state index contributed by atoms with van der Waals surface area (Å²) in [5.41, 5.74) is 2.94. The number of carbonyl (C=O) groups excluding carboxylic acids is 2. The minimum Gasteiger partial charge on any atom is -0.488 e. The van der Waals surface area contributed by atoms with E-state index in [-0.39, 0.29) is 25.0 Å². The monoisotopic (exact) mass is 393 g/mol. The summed E-state index contributed by atoms with van der Waals surface area (Å²) in [5, 5.41) is 9.30. The molecule has 0 aliphatic rings. The summed E-state index contributed by atoms with van der Waals surface area (Å²) < 4.78 is 10.9. The van der Waals surface area contributed by atoms with Crippen LogP contribution in [0.15, 0.2) is 59.1 Å². The zero-order valence-electron chi connectivity index (χ0n) is 16.4. The van der Waals surface area contributed by atoms with Gasteiger partial charge in [0.25, 0.3) is 5.91 Å². The highest BCUT2D eigenvalue weighted by Gasteiger charge is 2.15. The van der Waals surface area contributed by atoms with Crippen LogP contribution in [0.1, 0.15) is 32.9 Å². The van der Waals surface area contributed by atoms with Gasteiger partial charge in [-0.05, 0) is 31.5 Å². The number of ether oxygens (including phenoxy) is 1. The summed E-state index contributed by atoms with van der Waals surface area (Å²) in [7, 11) is 0. The van der Waals surface area contributed by atoms with Crippen molar-refractivity contribution >= 4 is 11.8 Å². The molecule has 1 heterocycles. The molecular formula is C22H23N3O4. The van der Waals surface area contributed by atoms with E-state index in [9.17, 15) is 9.59 Å². The van der Waals surface area contributed by atoms with E-state index < -0.39 is 0 Å². The average molecular weight is 393 g/mol. The molecule has 0 saturated heterocycles. The first-order valence-electron chi connectivity index (χ1n) is 9.27. The van der Waals surface area contributed by atoms with Crippen molar-refractivity contribution in [3.63, 3.8) is 0 Å². The van der Waals surface area contributed by atoms with E-state index in [4.69, 9.17) is 9.26 Å². The molecule has 2 N–H and O–H groups in total. The third kappa shape index (κ3) is 5.44. The van der Waals surface area contributed by atoms with E-state index in [1.54, 1.807) is 24.3 Å². The highest BCUT2D eigenvalue weighted by atomic mass is 16.5. The van der Waals surface area contributed by atoms with Crippen LogP contribution in [0.2, 0.25) is 0 Å². The molecule has 3 aromatic rings. The van der Waals surface area contributed by atoms with Gasteiger partial charge in [0, 0.05) is 6.54 Å². The summed E-state index contributed by atoms with van der Waals surface area (Å²) in [6.07, 6.45) is 0. The number of benzene rings is 2. The smallest absolute Gasteiger partial charge is 0.255 e. The number of para-hydroxylation sites is 1. The van der Waals surface area contributed by atoms with E-state index in [1.165, 1.54) is 0 Å². The molecule has 0 saturated carbocycles. The Morgan fingerprint density at radius 1 is 1.00 bits per heavy atom. The predicted molar refractivity (Wildman–Crippen MR) is 107 cm³/mol. The molecule has 2 amide bonds. The topological polar surface area (TPSA) is 93.5 Å². The maximum atomic E-state index is 12.5. The second-order valence-electron chi connectivity index (χ2n) is 6.53. The summed E-state index contributed by atoms with van der Waals surface area (Å²) in [6.45, 7) is 4.17. The number of hydrogen-bond acceptors (Lipinski definition) is 5. The van der Waals surface area contributed by atoms with Crippen molar-refractivity contribution in [2.45, 2.75) is 27.0 Å². The molecule has 0 unspecified atom stereocenters. The molecule has 0 radical (unpaired) electrons. The van der Waals surface area contributed by atoms with Gasteiger partial charge in [-0.2, -0.15) is 0 Å². The summed E-state index contributed by atoms with van der Waals surface area (Å²) in [4.78, 5) is 24.6. The van der Waals surface area contributed by atoms with Crippen molar-refractivity contribution in [3.05, 3.63) is 82.7 Å². The minimum absolute atomic E-state index is 0.121. The standard InChI is InChI=1S/C22H23N3O4/c1-15-19(16(2)29-25-15)14-28-20-11-7-6-10-18(20)22(27)24-13-21(26)23-12-17-8-4-3-5-9-17/h3-11H,12-14H2,1-2H3,(H,23,26)(H,24,27). The van der Waals surface area contributed by atoms with Crippen LogP contribution in [0, 0.1) is 13.8 Å². The first-order valence-corrected chi connectivity index (χ1v) is 9.27. The normalized spacial score (nSPS) is 10.4. The van der Waals surface area contributed by atoms with Crippen molar-refractivity contribution in [3.8, 4) is 5.75 Å². The highest BCUT2D eigenvalue weighted by molar-refractivity contribution is 5.98. The lowest BCUT2D eigenvalue weighted by Gasteiger charge is -2.12. The molecule has 1 aromatic heterocycles. The molecule has 7 nitrogen and oxygen atoms in total. The maximum absolute atomic E-state index is 12.5. The van der Waals surface area contributed by atoms with Gasteiger partial charge in [-0.15, -0.1) is 0 Å². The Labute approximate surface area is 169 Å². The van der Waals surface area contributed by atoms with E-state index in [0.29, 0.717) is 23.6 Å². The van der Waals surface area contributed by atoms with Gasteiger partial charge in [-0.1, -0.05) is 47.6 Å². The molecule has 0 bridgehead atoms. The zero-order chi connectivity index (χ0) is 20.6. The van der Waals surface area contributed by atoms with Crippen molar-refractivity contribution in [1.82, 2.24) is 15.8 Å². The number of nitrogens with zero attached hydrogens (tertiary/aromatic N) is 1. The predicted octanol–water partition coefficient (Wildman–Crippen LogP) is 2.92. The molecule has 2 aromatic carbocycles. The van der Waals surface area contributed by atoms with Crippen molar-refractivity contribution < 1.29 is 18.8 Å². The maximum Gasteiger partial charge on any atom is 0.255 e. The number of aromatic nitrogens is 1. The first kappa shape index (κ1) is 20.1. The number of hydrogen-bond donors (Lipinski definition) is 2. The average Bonchev–Trinajstić information content (AvgIpc) is 3.07. The molecule has 0 spiro atoms. The number of carbonyl (C=O) groups is 2. The van der Waals surface area contributed by atoms with Gasteiger partial charge in [-0.3, -0.25) is 9.59 Å². The quantitative estimate of drug-likeness (QED) is 0.614. The number of nitrogens with one attached hydrogen (secondary N) is 2. The highest BCUT2D eigenvalue weighted by Crippen LogP contribution is 2.21. The number of aryl methyl sites for hydroxylation is 2. The van der Waals surface area contributed by atoms with Crippen LogP contribution >= 0.6 is 0 Å². The molecule has 150 valence electrons. The second-order valence-corrected chi connectivity index (χ2v) is 6.53. The Morgan fingerprint density at radius 2 is 1.72 bits per heavy atom. The lowest BCUT2D eigenvalue weighted by Crippen LogP contribution is -2.36. The van der Waals surface area contributed by atoms with Crippen LogP contribution in [0.5, 0.6) is 5.75 Å². The summed E-state index contributed by atoms with van der Waals surface area (Å²) in [6, 6.07) is 16.5. The van der Waals surface area contributed by atoms with Gasteiger partial charge in [0.05, 0.1) is 23.4 Å². The molecule has 7 heteroatoms. The lowest BCUT2D eigenvalue weighted by molar-refractivity contribution is -0.120. The number of rotatable bonds is 8. The van der Waals surface area contributed by atoms with E-state index in [1.807, 2.05) is 44.2 Å². The third-order valence-corrected chi connectivity index (χ3v) is 4.43. The van der Waals surface area contributed by atoms with Crippen LogP contribution in [-0.4, -0.2) is 23.5 Å². The van der Waals surface area contributed by atoms with E-state index in [0.717, 1.165) is 16.8 Å². The molecule has 29 heavy (non-hydrogen) atoms. The Hall–Kier alpha value is -3.61. The van der Waals surface area contributed by atoms with Crippen LogP contribution in [-0.2, 0) is 17.9 Å². The third-order valence-electron chi connectivity index (χ3n) is 4.43. The lowest BCUT2D eigenvalue weighted by atomic mass is 10.2. The van der Waals surface area contributed by atoms with Crippen LogP contribution in [0.4, 0.5) is 0 Å². The largest absolute Gasteiger partial charge is 0.488 e. The Morgan fingerprint density at radius 3 is 2.45 bits per heavy atom. The van der Waals surface area contributed by atoms with Gasteiger partial charge in [0.15, 0.2) is 0 Å². The van der Waals surface area contributed by atoms with Crippen LogP contribution in [0.3, 0.4) is 0 Å². The first-order chi connectivity index (χ1) is 14.0. The SMILES string of the molecule is Cc1noc(C)c1COc1ccccc1C(=O)NCC(=O)NCc1ccccc1. The molecule has 0 fully saturated rings. The molecule has 0 aliphatic carbocycles. The minimum atomic E-state index is -0.380. The van der Waals surface area contributed by atoms with Gasteiger partial charge >= 0.3 is 0 Å². The van der Waals surface area contributed by atoms with E-state index >= 15 is 0 Å². The fourth-order valence-electron chi connectivity index (χ4n) is 2.75. The van der Waals surface area contributed by atoms with E-state index in [2.05, 4.69) is 15.8 Å². The van der Waals surface area contributed by atoms with Crippen molar-refractivity contribution in [2.24, 2.45) is 0 Å². The molecule has 0 atom stereocenters. The summed E-state index contributed by atoms with van der Waals surface area (Å²) in [5.74, 6) is 0.458. The van der Waals surface area contributed by atoms with Crippen LogP contribution in [0.25, 0.3) is 0 Å². The Balaban J connectivity index is 1.54. The van der Waals surface area contributed by atoms with Crippen molar-refractivity contribution in [1.29, 1.82) is 0 Å². The molecule has 3 rings (SSSR count). The van der Waals surface area contributed by atoms with Gasteiger partial charge in [0.1, 0.15) is 18.1 Å². The van der Waals surface area contributed by atoms with Gasteiger partial charge < -0.3 is 19.9 Å².